The summed E-state index contributed by atoms with van der Waals surface area (Å²) in [4.78, 5) is -1.94. The Balaban J connectivity index is 4.24. The van der Waals surface area contributed by atoms with E-state index in [0.717, 1.165) is 7.11 Å². The van der Waals surface area contributed by atoms with E-state index in [1.807, 2.05) is 0 Å². The SMILES string of the molecule is COC(=N)C(F)(F)C(Cl)Cl. The number of halogens is 4. The van der Waals surface area contributed by atoms with Crippen molar-refractivity contribution in [1.82, 2.24) is 0 Å². The fourth-order valence-electron chi connectivity index (χ4n) is 0.235. The summed E-state index contributed by atoms with van der Waals surface area (Å²) in [5.41, 5.74) is 0. The second kappa shape index (κ2) is 3.34. The monoisotopic (exact) mass is 191 g/mol. The maximum atomic E-state index is 12.3. The van der Waals surface area contributed by atoms with E-state index in [0.29, 0.717) is 0 Å². The minimum absolute atomic E-state index is 0.951. The van der Waals surface area contributed by atoms with Crippen molar-refractivity contribution in [2.75, 3.05) is 7.11 Å². The molecule has 0 aliphatic rings. The highest BCUT2D eigenvalue weighted by Crippen LogP contribution is 2.27. The van der Waals surface area contributed by atoms with Crippen LogP contribution in [0.2, 0.25) is 0 Å². The second-order valence-corrected chi connectivity index (χ2v) is 2.55. The average molecular weight is 192 g/mol. The molecule has 0 aromatic carbocycles. The number of nitrogens with one attached hydrogen (secondary N) is 1. The summed E-state index contributed by atoms with van der Waals surface area (Å²) in [5.74, 6) is -4.83. The molecule has 0 aliphatic carbocycles. The highest BCUT2D eigenvalue weighted by molar-refractivity contribution is 6.46. The van der Waals surface area contributed by atoms with E-state index in [1.165, 1.54) is 0 Å². The maximum Gasteiger partial charge on any atom is 0.350 e. The highest BCUT2D eigenvalue weighted by atomic mass is 35.5. The molecule has 0 aromatic heterocycles. The van der Waals surface area contributed by atoms with Crippen molar-refractivity contribution in [1.29, 1.82) is 5.41 Å². The summed E-state index contributed by atoms with van der Waals surface area (Å²) in [6.07, 6.45) is 0. The molecule has 0 spiro atoms. The van der Waals surface area contributed by atoms with Crippen molar-refractivity contribution in [2.45, 2.75) is 10.8 Å². The van der Waals surface area contributed by atoms with Gasteiger partial charge in [0.25, 0.3) is 5.90 Å². The lowest BCUT2D eigenvalue weighted by Crippen LogP contribution is -2.35. The van der Waals surface area contributed by atoms with Crippen LogP contribution in [0.1, 0.15) is 0 Å². The number of alkyl halides is 4. The number of rotatable bonds is 2. The van der Waals surface area contributed by atoms with Gasteiger partial charge in [0.15, 0.2) is 4.84 Å². The molecule has 0 fully saturated rings. The van der Waals surface area contributed by atoms with Crippen LogP contribution in [-0.2, 0) is 4.74 Å². The van der Waals surface area contributed by atoms with E-state index in [-0.39, 0.29) is 0 Å². The van der Waals surface area contributed by atoms with Gasteiger partial charge in [0.1, 0.15) is 0 Å². The van der Waals surface area contributed by atoms with Gasteiger partial charge in [-0.05, 0) is 0 Å². The molecule has 0 rings (SSSR count). The molecule has 1 N–H and O–H groups in total. The van der Waals surface area contributed by atoms with Gasteiger partial charge in [-0.25, -0.2) is 0 Å². The molecule has 0 saturated heterocycles. The normalized spacial score (nSPS) is 11.8. The van der Waals surface area contributed by atoms with Gasteiger partial charge in [0.2, 0.25) is 0 Å². The first-order valence-corrected chi connectivity index (χ1v) is 3.09. The first kappa shape index (κ1) is 9.91. The van der Waals surface area contributed by atoms with Crippen molar-refractivity contribution in [2.24, 2.45) is 0 Å². The van der Waals surface area contributed by atoms with Gasteiger partial charge in [-0.15, -0.1) is 0 Å². The number of hydrogen-bond donors (Lipinski definition) is 1. The van der Waals surface area contributed by atoms with Crippen molar-refractivity contribution in [3.63, 3.8) is 0 Å². The van der Waals surface area contributed by atoms with Crippen LogP contribution in [0.25, 0.3) is 0 Å². The quantitative estimate of drug-likeness (QED) is 0.405. The maximum absolute atomic E-state index is 12.3. The zero-order valence-electron chi connectivity index (χ0n) is 5.00. The summed E-state index contributed by atoms with van der Waals surface area (Å²) in [6.45, 7) is 0. The molecule has 0 radical (unpaired) electrons. The van der Waals surface area contributed by atoms with Crippen molar-refractivity contribution >= 4 is 29.1 Å². The first-order chi connectivity index (χ1) is 4.42. The van der Waals surface area contributed by atoms with Crippen LogP contribution >= 0.6 is 23.2 Å². The minimum Gasteiger partial charge on any atom is -0.480 e. The Morgan fingerprint density at radius 2 is 2.00 bits per heavy atom. The Morgan fingerprint density at radius 3 is 2.10 bits per heavy atom. The first-order valence-electron chi connectivity index (χ1n) is 2.22. The molecule has 0 saturated carbocycles. The molecule has 0 aliphatic heterocycles. The van der Waals surface area contributed by atoms with Crippen molar-refractivity contribution in [3.8, 4) is 0 Å². The minimum atomic E-state index is -3.60. The molecule has 0 heterocycles. The van der Waals surface area contributed by atoms with E-state index < -0.39 is 16.7 Å². The van der Waals surface area contributed by atoms with Crippen LogP contribution in [0.15, 0.2) is 0 Å². The van der Waals surface area contributed by atoms with Gasteiger partial charge in [0.05, 0.1) is 7.11 Å². The largest absolute Gasteiger partial charge is 0.480 e. The standard InChI is InChI=1S/C4H5Cl2F2NO/c1-10-3(9)4(7,8)2(5)6/h2,9H,1H3. The average Bonchev–Trinajstić information content (AvgIpc) is 1.86. The molecule has 0 amide bonds. The van der Waals surface area contributed by atoms with Gasteiger partial charge in [-0.1, -0.05) is 23.2 Å². The number of methoxy groups -OCH3 is 1. The summed E-state index contributed by atoms with van der Waals surface area (Å²) in [6, 6.07) is 0. The third kappa shape index (κ3) is 1.95. The Morgan fingerprint density at radius 1 is 1.60 bits per heavy atom. The molecular formula is C4H5Cl2F2NO. The van der Waals surface area contributed by atoms with Crippen LogP contribution in [0.3, 0.4) is 0 Å². The zero-order chi connectivity index (χ0) is 8.36. The lowest BCUT2D eigenvalue weighted by atomic mass is 10.4. The summed E-state index contributed by atoms with van der Waals surface area (Å²) in [5, 5.41) is 6.53. The number of hydrogen-bond acceptors (Lipinski definition) is 2. The van der Waals surface area contributed by atoms with Crippen LogP contribution in [0, 0.1) is 5.41 Å². The van der Waals surface area contributed by atoms with Crippen molar-refractivity contribution < 1.29 is 13.5 Å². The third-order valence-corrected chi connectivity index (χ3v) is 1.33. The Labute approximate surface area is 66.6 Å². The summed E-state index contributed by atoms with van der Waals surface area (Å²) in [7, 11) is 0.951. The molecule has 6 heteroatoms. The fourth-order valence-corrected chi connectivity index (χ4v) is 0.433. The summed E-state index contributed by atoms with van der Waals surface area (Å²) < 4.78 is 28.6. The summed E-state index contributed by atoms with van der Waals surface area (Å²) >= 11 is 9.68. The van der Waals surface area contributed by atoms with E-state index in [2.05, 4.69) is 4.74 Å². The molecule has 2 nitrogen and oxygen atoms in total. The van der Waals surface area contributed by atoms with Crippen LogP contribution in [0.5, 0.6) is 0 Å². The van der Waals surface area contributed by atoms with E-state index >= 15 is 0 Å². The number of ether oxygens (including phenoxy) is 1. The Hall–Kier alpha value is -0.0900. The Kier molecular flexibility index (Phi) is 3.31. The van der Waals surface area contributed by atoms with Gasteiger partial charge in [-0.3, -0.25) is 5.41 Å². The predicted molar refractivity (Wildman–Crippen MR) is 35.2 cm³/mol. The smallest absolute Gasteiger partial charge is 0.350 e. The Bertz CT molecular complexity index is 139. The van der Waals surface area contributed by atoms with Gasteiger partial charge in [-0.2, -0.15) is 8.78 Å². The fraction of sp³-hybridized carbons (Fsp3) is 0.750. The zero-order valence-corrected chi connectivity index (χ0v) is 6.51. The molecule has 0 unspecified atom stereocenters. The topological polar surface area (TPSA) is 33.1 Å². The molecule has 60 valence electrons. The van der Waals surface area contributed by atoms with Crippen molar-refractivity contribution in [3.05, 3.63) is 0 Å². The van der Waals surface area contributed by atoms with Gasteiger partial charge >= 0.3 is 5.92 Å². The molecule has 0 bridgehead atoms. The van der Waals surface area contributed by atoms with Gasteiger partial charge < -0.3 is 4.74 Å². The molecule has 0 atom stereocenters. The van der Waals surface area contributed by atoms with E-state index in [9.17, 15) is 8.78 Å². The van der Waals surface area contributed by atoms with Crippen LogP contribution in [-0.4, -0.2) is 23.8 Å². The second-order valence-electron chi connectivity index (χ2n) is 1.46. The molecular weight excluding hydrogens is 187 g/mol. The lowest BCUT2D eigenvalue weighted by molar-refractivity contribution is 0.0647. The van der Waals surface area contributed by atoms with Gasteiger partial charge in [0, 0.05) is 0 Å². The molecule has 10 heavy (non-hydrogen) atoms. The lowest BCUT2D eigenvalue weighted by Gasteiger charge is -2.15. The van der Waals surface area contributed by atoms with E-state index in [1.54, 1.807) is 0 Å². The highest BCUT2D eigenvalue weighted by Gasteiger charge is 2.43. The van der Waals surface area contributed by atoms with Crippen LogP contribution < -0.4 is 0 Å². The predicted octanol–water partition coefficient (Wildman–Crippen LogP) is 2.05. The van der Waals surface area contributed by atoms with Crippen LogP contribution in [0.4, 0.5) is 8.78 Å². The van der Waals surface area contributed by atoms with E-state index in [4.69, 9.17) is 28.6 Å². The molecule has 0 aromatic rings. The third-order valence-electron chi connectivity index (χ3n) is 0.781.